The Bertz CT molecular complexity index is 645. The van der Waals surface area contributed by atoms with Crippen LogP contribution in [0.4, 0.5) is 18.9 Å². The van der Waals surface area contributed by atoms with Gasteiger partial charge >= 0.3 is 6.18 Å². The molecule has 0 aliphatic rings. The lowest BCUT2D eigenvalue weighted by Crippen LogP contribution is -2.11. The number of para-hydroxylation sites is 1. The molecule has 0 aliphatic heterocycles. The number of alkyl halides is 3. The van der Waals surface area contributed by atoms with Crippen molar-refractivity contribution in [3.63, 3.8) is 0 Å². The Morgan fingerprint density at radius 1 is 1.28 bits per heavy atom. The van der Waals surface area contributed by atoms with Crippen molar-refractivity contribution in [1.29, 1.82) is 0 Å². The molecule has 1 aromatic heterocycles. The molecule has 0 atom stereocenters. The predicted molar refractivity (Wildman–Crippen MR) is 56.2 cm³/mol. The van der Waals surface area contributed by atoms with Crippen molar-refractivity contribution >= 4 is 28.2 Å². The first kappa shape index (κ1) is 12.5. The Morgan fingerprint density at radius 3 is 2.50 bits per heavy atom. The molecule has 0 saturated heterocycles. The fourth-order valence-electron chi connectivity index (χ4n) is 1.37. The van der Waals surface area contributed by atoms with Gasteiger partial charge in [-0.25, -0.2) is 9.97 Å². The summed E-state index contributed by atoms with van der Waals surface area (Å²) in [6.07, 6.45) is -4.82. The second-order valence-electron chi connectivity index (χ2n) is 3.27. The maximum Gasteiger partial charge on any atom is 0.451 e. The molecular formula is C9H3ClF3N3O2. The van der Waals surface area contributed by atoms with Crippen LogP contribution in [-0.2, 0) is 6.18 Å². The van der Waals surface area contributed by atoms with Crippen molar-refractivity contribution in [3.05, 3.63) is 39.3 Å². The quantitative estimate of drug-likeness (QED) is 0.456. The molecule has 2 aromatic rings. The van der Waals surface area contributed by atoms with Gasteiger partial charge in [0.25, 0.3) is 5.69 Å². The molecule has 0 fully saturated rings. The smallest absolute Gasteiger partial charge is 0.258 e. The molecule has 94 valence electrons. The monoisotopic (exact) mass is 277 g/mol. The van der Waals surface area contributed by atoms with Gasteiger partial charge in [-0.3, -0.25) is 10.1 Å². The van der Waals surface area contributed by atoms with Crippen LogP contribution in [0.25, 0.3) is 10.9 Å². The van der Waals surface area contributed by atoms with E-state index in [1.54, 1.807) is 0 Å². The highest BCUT2D eigenvalue weighted by molar-refractivity contribution is 6.34. The minimum Gasteiger partial charge on any atom is -0.258 e. The van der Waals surface area contributed by atoms with Crippen molar-refractivity contribution in [2.24, 2.45) is 0 Å². The molecule has 0 N–H and O–H groups in total. The molecule has 0 amide bonds. The lowest BCUT2D eigenvalue weighted by molar-refractivity contribution is -0.383. The summed E-state index contributed by atoms with van der Waals surface area (Å²) in [4.78, 5) is 16.1. The van der Waals surface area contributed by atoms with E-state index in [4.69, 9.17) is 11.6 Å². The van der Waals surface area contributed by atoms with Crippen LogP contribution < -0.4 is 0 Å². The number of nitrogens with zero attached hydrogens (tertiary/aromatic N) is 3. The molecule has 0 spiro atoms. The summed E-state index contributed by atoms with van der Waals surface area (Å²) < 4.78 is 37.4. The number of nitro benzene ring substituents is 1. The van der Waals surface area contributed by atoms with Gasteiger partial charge in [0.1, 0.15) is 5.15 Å². The number of rotatable bonds is 1. The third-order valence-electron chi connectivity index (χ3n) is 2.11. The van der Waals surface area contributed by atoms with E-state index in [2.05, 4.69) is 9.97 Å². The van der Waals surface area contributed by atoms with E-state index in [1.807, 2.05) is 0 Å². The fraction of sp³-hybridized carbons (Fsp3) is 0.111. The van der Waals surface area contributed by atoms with Crippen molar-refractivity contribution in [2.45, 2.75) is 6.18 Å². The third kappa shape index (κ3) is 2.06. The highest BCUT2D eigenvalue weighted by atomic mass is 35.5. The highest BCUT2D eigenvalue weighted by Crippen LogP contribution is 2.33. The zero-order valence-electron chi connectivity index (χ0n) is 8.40. The standard InChI is InChI=1S/C9H3ClF3N3O2/c10-7-4-2-1-3-5(16(17)18)6(4)14-8(15-7)9(11,12)13/h1-3H. The number of halogens is 4. The minimum atomic E-state index is -4.82. The zero-order valence-corrected chi connectivity index (χ0v) is 9.16. The van der Waals surface area contributed by atoms with E-state index in [0.29, 0.717) is 0 Å². The molecular weight excluding hydrogens is 275 g/mol. The van der Waals surface area contributed by atoms with Crippen LogP contribution in [0, 0.1) is 10.1 Å². The summed E-state index contributed by atoms with van der Waals surface area (Å²) in [5, 5.41) is 10.2. The molecule has 5 nitrogen and oxygen atoms in total. The van der Waals surface area contributed by atoms with Gasteiger partial charge in [-0.2, -0.15) is 13.2 Å². The first-order valence-electron chi connectivity index (χ1n) is 4.48. The van der Waals surface area contributed by atoms with Crippen molar-refractivity contribution in [3.8, 4) is 0 Å². The van der Waals surface area contributed by atoms with Crippen molar-refractivity contribution < 1.29 is 18.1 Å². The van der Waals surface area contributed by atoms with Gasteiger partial charge in [-0.15, -0.1) is 0 Å². The average Bonchev–Trinajstić information content (AvgIpc) is 2.26. The number of benzene rings is 1. The largest absolute Gasteiger partial charge is 0.451 e. The van der Waals surface area contributed by atoms with Gasteiger partial charge in [0.15, 0.2) is 5.52 Å². The Hall–Kier alpha value is -1.96. The Balaban J connectivity index is 2.85. The normalized spacial score (nSPS) is 11.8. The number of fused-ring (bicyclic) bond motifs is 1. The van der Waals surface area contributed by atoms with E-state index in [0.717, 1.165) is 6.07 Å². The van der Waals surface area contributed by atoms with Crippen LogP contribution in [-0.4, -0.2) is 14.9 Å². The van der Waals surface area contributed by atoms with Gasteiger partial charge in [0, 0.05) is 11.5 Å². The topological polar surface area (TPSA) is 68.9 Å². The van der Waals surface area contributed by atoms with Crippen LogP contribution >= 0.6 is 11.6 Å². The number of hydrogen-bond acceptors (Lipinski definition) is 4. The Morgan fingerprint density at radius 2 is 1.94 bits per heavy atom. The second kappa shape index (κ2) is 4.05. The summed E-state index contributed by atoms with van der Waals surface area (Å²) in [7, 11) is 0. The second-order valence-corrected chi connectivity index (χ2v) is 3.62. The molecule has 9 heteroatoms. The summed E-state index contributed by atoms with van der Waals surface area (Å²) in [5.74, 6) is -1.51. The van der Waals surface area contributed by atoms with Gasteiger partial charge in [-0.1, -0.05) is 17.7 Å². The summed E-state index contributed by atoms with van der Waals surface area (Å²) in [5.41, 5.74) is -0.989. The van der Waals surface area contributed by atoms with Gasteiger partial charge in [0.2, 0.25) is 5.82 Å². The van der Waals surface area contributed by atoms with E-state index < -0.39 is 33.3 Å². The van der Waals surface area contributed by atoms with E-state index in [-0.39, 0.29) is 5.39 Å². The van der Waals surface area contributed by atoms with Crippen molar-refractivity contribution in [2.75, 3.05) is 0 Å². The molecule has 0 saturated carbocycles. The molecule has 18 heavy (non-hydrogen) atoms. The summed E-state index contributed by atoms with van der Waals surface area (Å²) >= 11 is 5.57. The number of nitro groups is 1. The van der Waals surface area contributed by atoms with Gasteiger partial charge in [0.05, 0.1) is 4.92 Å². The number of aromatic nitrogens is 2. The SMILES string of the molecule is O=[N+]([O-])c1cccc2c(Cl)nc(C(F)(F)F)nc12. The highest BCUT2D eigenvalue weighted by Gasteiger charge is 2.36. The number of non-ortho nitro benzene ring substituents is 1. The molecule has 0 bridgehead atoms. The van der Waals surface area contributed by atoms with Crippen LogP contribution in [0.15, 0.2) is 18.2 Å². The molecule has 0 radical (unpaired) electrons. The zero-order chi connectivity index (χ0) is 13.5. The van der Waals surface area contributed by atoms with Gasteiger partial charge in [-0.05, 0) is 6.07 Å². The molecule has 0 unspecified atom stereocenters. The molecule has 1 aromatic carbocycles. The van der Waals surface area contributed by atoms with Crippen LogP contribution in [0.5, 0.6) is 0 Å². The molecule has 1 heterocycles. The van der Waals surface area contributed by atoms with Crippen molar-refractivity contribution in [1.82, 2.24) is 9.97 Å². The lowest BCUT2D eigenvalue weighted by Gasteiger charge is -2.07. The Labute approximate surface area is 102 Å². The van der Waals surface area contributed by atoms with Gasteiger partial charge < -0.3 is 0 Å². The first-order valence-corrected chi connectivity index (χ1v) is 4.86. The predicted octanol–water partition coefficient (Wildman–Crippen LogP) is 3.21. The fourth-order valence-corrected chi connectivity index (χ4v) is 1.61. The maximum absolute atomic E-state index is 12.5. The summed E-state index contributed by atoms with van der Waals surface area (Å²) in [6.45, 7) is 0. The van der Waals surface area contributed by atoms with E-state index in [9.17, 15) is 23.3 Å². The average molecular weight is 278 g/mol. The van der Waals surface area contributed by atoms with E-state index in [1.165, 1.54) is 12.1 Å². The summed E-state index contributed by atoms with van der Waals surface area (Å²) in [6, 6.07) is 3.65. The van der Waals surface area contributed by atoms with Crippen LogP contribution in [0.3, 0.4) is 0 Å². The molecule has 2 rings (SSSR count). The number of hydrogen-bond donors (Lipinski definition) is 0. The maximum atomic E-state index is 12.5. The minimum absolute atomic E-state index is 0.00105. The lowest BCUT2D eigenvalue weighted by atomic mass is 10.2. The molecule has 0 aliphatic carbocycles. The van der Waals surface area contributed by atoms with Crippen LogP contribution in [0.2, 0.25) is 5.15 Å². The Kier molecular flexibility index (Phi) is 2.81. The van der Waals surface area contributed by atoms with E-state index >= 15 is 0 Å². The van der Waals surface area contributed by atoms with Crippen LogP contribution in [0.1, 0.15) is 5.82 Å². The first-order chi connectivity index (χ1) is 8.30. The third-order valence-corrected chi connectivity index (χ3v) is 2.40.